The number of hydrogen-bond acceptors (Lipinski definition) is 0. The van der Waals surface area contributed by atoms with Crippen molar-refractivity contribution in [3.8, 4) is 0 Å². The molecule has 6 heteroatoms. The van der Waals surface area contributed by atoms with E-state index < -0.39 is 25.2 Å². The maximum atomic E-state index is 12.4. The van der Waals surface area contributed by atoms with Gasteiger partial charge in [-0.25, -0.2) is 0 Å². The molecular weight excluding hydrogens is 426 g/mol. The number of alkyl halides is 6. The normalized spacial score (nSPS) is 13.2. The Morgan fingerprint density at radius 1 is 0.500 bits per heavy atom. The molecule has 0 N–H and O–H groups in total. The first-order valence-electron chi connectivity index (χ1n) is 10.5. The zero-order chi connectivity index (χ0) is 23.2. The summed E-state index contributed by atoms with van der Waals surface area (Å²) >= 11 is 0. The number of benzene rings is 3. The predicted molar refractivity (Wildman–Crippen MR) is 118 cm³/mol. The fourth-order valence-electron chi connectivity index (χ4n) is 3.88. The van der Waals surface area contributed by atoms with E-state index in [1.807, 2.05) is 48.5 Å². The first-order valence-corrected chi connectivity index (χ1v) is 10.5. The van der Waals surface area contributed by atoms with E-state index in [1.165, 1.54) is 0 Å². The van der Waals surface area contributed by atoms with E-state index in [-0.39, 0.29) is 12.8 Å². The molecule has 0 bridgehead atoms. The molecule has 0 aliphatic carbocycles. The minimum Gasteiger partial charge on any atom is -0.171 e. The molecule has 0 saturated heterocycles. The summed E-state index contributed by atoms with van der Waals surface area (Å²) in [6.07, 6.45) is -2.45. The average Bonchev–Trinajstić information content (AvgIpc) is 2.72. The summed E-state index contributed by atoms with van der Waals surface area (Å²) in [4.78, 5) is 0. The van der Waals surface area contributed by atoms with Crippen molar-refractivity contribution in [3.63, 3.8) is 0 Å². The number of rotatable bonds is 8. The lowest BCUT2D eigenvalue weighted by Crippen LogP contribution is -2.05. The van der Waals surface area contributed by atoms with Crippen LogP contribution in [0, 0.1) is 0 Å². The third kappa shape index (κ3) is 6.62. The van der Waals surface area contributed by atoms with Crippen LogP contribution in [0.4, 0.5) is 26.3 Å². The SMILES string of the molecule is FC(F)(F)CC/C=C\Cc1c2ccccc2c(C/C=C\CCC(F)(F)F)c2ccccc12. The molecule has 0 heterocycles. The van der Waals surface area contributed by atoms with Crippen LogP contribution in [0.15, 0.2) is 72.8 Å². The van der Waals surface area contributed by atoms with Crippen molar-refractivity contribution in [1.82, 2.24) is 0 Å². The van der Waals surface area contributed by atoms with Crippen molar-refractivity contribution in [1.29, 1.82) is 0 Å². The van der Waals surface area contributed by atoms with Crippen LogP contribution in [0.25, 0.3) is 21.5 Å². The number of fused-ring (bicyclic) bond motifs is 2. The van der Waals surface area contributed by atoms with Crippen LogP contribution in [0.1, 0.15) is 36.8 Å². The molecule has 0 aliphatic rings. The molecule has 3 rings (SSSR count). The van der Waals surface area contributed by atoms with Crippen LogP contribution in [-0.2, 0) is 12.8 Å². The maximum absolute atomic E-state index is 12.4. The van der Waals surface area contributed by atoms with Crippen molar-refractivity contribution < 1.29 is 26.3 Å². The summed E-state index contributed by atoms with van der Waals surface area (Å²) in [5.74, 6) is 0. The molecule has 0 unspecified atom stereocenters. The summed E-state index contributed by atoms with van der Waals surface area (Å²) in [6, 6.07) is 15.6. The lowest BCUT2D eigenvalue weighted by molar-refractivity contribution is -0.134. The van der Waals surface area contributed by atoms with Crippen LogP contribution in [0.2, 0.25) is 0 Å². The Labute approximate surface area is 183 Å². The average molecular weight is 450 g/mol. The smallest absolute Gasteiger partial charge is 0.171 e. The van der Waals surface area contributed by atoms with Crippen LogP contribution in [0.3, 0.4) is 0 Å². The van der Waals surface area contributed by atoms with E-state index in [0.717, 1.165) is 32.7 Å². The molecule has 0 fully saturated rings. The third-order valence-electron chi connectivity index (χ3n) is 5.32. The van der Waals surface area contributed by atoms with Gasteiger partial charge in [0.1, 0.15) is 0 Å². The summed E-state index contributed by atoms with van der Waals surface area (Å²) in [6.45, 7) is 0. The van der Waals surface area contributed by atoms with Crippen LogP contribution < -0.4 is 0 Å². The van der Waals surface area contributed by atoms with Crippen LogP contribution >= 0.6 is 0 Å². The Morgan fingerprint density at radius 2 is 0.812 bits per heavy atom. The van der Waals surface area contributed by atoms with Gasteiger partial charge in [-0.05, 0) is 58.4 Å². The topological polar surface area (TPSA) is 0 Å². The van der Waals surface area contributed by atoms with Crippen LogP contribution in [-0.4, -0.2) is 12.4 Å². The summed E-state index contributed by atoms with van der Waals surface area (Å²) < 4.78 is 74.3. The molecule has 0 aromatic heterocycles. The second-order valence-corrected chi connectivity index (χ2v) is 7.71. The molecule has 3 aromatic carbocycles. The highest BCUT2D eigenvalue weighted by molar-refractivity contribution is 6.06. The second-order valence-electron chi connectivity index (χ2n) is 7.71. The fourth-order valence-corrected chi connectivity index (χ4v) is 3.88. The third-order valence-corrected chi connectivity index (χ3v) is 5.32. The fraction of sp³-hybridized carbons (Fsp3) is 0.308. The molecule has 170 valence electrons. The standard InChI is InChI=1S/C26H24F6/c27-25(28,29)17-9-1-3-11-19-21-13-5-7-15-23(21)20(24-16-8-6-14-22(19)24)12-4-2-10-18-26(30,31)32/h1-8,13-16H,9-12,17-18H2/b3-1-,4-2-. The largest absolute Gasteiger partial charge is 0.389 e. The highest BCUT2D eigenvalue weighted by Gasteiger charge is 2.26. The predicted octanol–water partition coefficient (Wildman–Crippen LogP) is 8.88. The molecule has 0 atom stereocenters. The molecule has 0 nitrogen and oxygen atoms in total. The zero-order valence-electron chi connectivity index (χ0n) is 17.4. The number of allylic oxidation sites excluding steroid dienone is 4. The minimum absolute atomic E-state index is 0.0554. The van der Waals surface area contributed by atoms with Gasteiger partial charge in [0.05, 0.1) is 0 Å². The van der Waals surface area contributed by atoms with Gasteiger partial charge in [0.25, 0.3) is 0 Å². The summed E-state index contributed by atoms with van der Waals surface area (Å²) in [5.41, 5.74) is 2.06. The van der Waals surface area contributed by atoms with E-state index in [0.29, 0.717) is 12.8 Å². The van der Waals surface area contributed by atoms with Gasteiger partial charge in [-0.15, -0.1) is 0 Å². The van der Waals surface area contributed by atoms with Gasteiger partial charge in [0.2, 0.25) is 0 Å². The van der Waals surface area contributed by atoms with E-state index >= 15 is 0 Å². The van der Waals surface area contributed by atoms with E-state index in [9.17, 15) is 26.3 Å². The molecule has 0 radical (unpaired) electrons. The molecule has 0 spiro atoms. The molecule has 0 amide bonds. The van der Waals surface area contributed by atoms with Gasteiger partial charge in [-0.3, -0.25) is 0 Å². The molecule has 0 saturated carbocycles. The van der Waals surface area contributed by atoms with Crippen molar-refractivity contribution in [2.75, 3.05) is 0 Å². The van der Waals surface area contributed by atoms with Gasteiger partial charge in [-0.2, -0.15) is 26.3 Å². The Balaban J connectivity index is 1.92. The van der Waals surface area contributed by atoms with E-state index in [1.54, 1.807) is 24.3 Å². The monoisotopic (exact) mass is 450 g/mol. The lowest BCUT2D eigenvalue weighted by atomic mass is 9.89. The van der Waals surface area contributed by atoms with Gasteiger partial charge >= 0.3 is 12.4 Å². The lowest BCUT2D eigenvalue weighted by Gasteiger charge is -2.15. The Bertz CT molecular complexity index is 958. The molecule has 3 aromatic rings. The number of halogens is 6. The molecule has 0 aliphatic heterocycles. The van der Waals surface area contributed by atoms with Gasteiger partial charge in [0, 0.05) is 12.8 Å². The first-order chi connectivity index (χ1) is 15.2. The van der Waals surface area contributed by atoms with Crippen molar-refractivity contribution in [2.45, 2.75) is 50.9 Å². The van der Waals surface area contributed by atoms with Crippen molar-refractivity contribution >= 4 is 21.5 Å². The van der Waals surface area contributed by atoms with E-state index in [4.69, 9.17) is 0 Å². The Morgan fingerprint density at radius 3 is 1.09 bits per heavy atom. The Kier molecular flexibility index (Phi) is 7.64. The summed E-state index contributed by atoms with van der Waals surface area (Å²) in [5, 5.41) is 4.02. The van der Waals surface area contributed by atoms with Gasteiger partial charge in [-0.1, -0.05) is 72.8 Å². The maximum Gasteiger partial charge on any atom is 0.389 e. The minimum atomic E-state index is -4.17. The van der Waals surface area contributed by atoms with Crippen LogP contribution in [0.5, 0.6) is 0 Å². The highest BCUT2D eigenvalue weighted by Crippen LogP contribution is 2.34. The molecular formula is C26H24F6. The van der Waals surface area contributed by atoms with Gasteiger partial charge < -0.3 is 0 Å². The quantitative estimate of drug-likeness (QED) is 0.183. The summed E-state index contributed by atoms with van der Waals surface area (Å²) in [7, 11) is 0. The van der Waals surface area contributed by atoms with E-state index in [2.05, 4.69) is 0 Å². The van der Waals surface area contributed by atoms with Crippen molar-refractivity contribution in [3.05, 3.63) is 84.0 Å². The van der Waals surface area contributed by atoms with Gasteiger partial charge in [0.15, 0.2) is 0 Å². The van der Waals surface area contributed by atoms with Crippen molar-refractivity contribution in [2.24, 2.45) is 0 Å². The first kappa shape index (κ1) is 23.9. The highest BCUT2D eigenvalue weighted by atomic mass is 19.4. The number of hydrogen-bond donors (Lipinski definition) is 0. The zero-order valence-corrected chi connectivity index (χ0v) is 17.4. The second kappa shape index (κ2) is 10.2. The Hall–Kier alpha value is -2.76. The molecule has 32 heavy (non-hydrogen) atoms.